The minimum Gasteiger partial charge on any atom is -0.391 e. The summed E-state index contributed by atoms with van der Waals surface area (Å²) in [5.41, 5.74) is 2.04. The van der Waals surface area contributed by atoms with Crippen LogP contribution in [0.25, 0.3) is 11.3 Å². The maximum Gasteiger partial charge on any atom is 0.253 e. The number of rotatable bonds is 10. The second kappa shape index (κ2) is 18.0. The number of benzene rings is 2. The van der Waals surface area contributed by atoms with Gasteiger partial charge in [0.05, 0.1) is 18.0 Å². The quantitative estimate of drug-likeness (QED) is 0.220. The van der Waals surface area contributed by atoms with E-state index in [0.29, 0.717) is 66.8 Å². The summed E-state index contributed by atoms with van der Waals surface area (Å²) in [5.74, 6) is -0.800. The highest BCUT2D eigenvalue weighted by atomic mass is 19.1. The van der Waals surface area contributed by atoms with Crippen molar-refractivity contribution in [1.29, 1.82) is 0 Å². The highest BCUT2D eigenvalue weighted by Crippen LogP contribution is 2.31. The van der Waals surface area contributed by atoms with Crippen LogP contribution in [0.4, 0.5) is 26.1 Å². The number of aliphatic hydroxyl groups is 1. The SMILES string of the molecule is O=C1CCC(Nc2ccc(N3CCN(CC4CCN(C(=O)C5CCC(Nc6ncc(F)c(-c7cccc(C(=O)N8CC[C@H](O)C8)c7)n6)CC5)CC4)CC3)c(F)c2)C(=O)N1. The normalized spacial score (nSPS) is 24.6. The monoisotopic (exact) mass is 813 g/mol. The minimum absolute atomic E-state index is 0.0259. The number of carbonyl (C=O) groups is 4. The van der Waals surface area contributed by atoms with Crippen molar-refractivity contribution in [2.75, 3.05) is 74.4 Å². The van der Waals surface area contributed by atoms with Crippen molar-refractivity contribution in [1.82, 2.24) is 30.0 Å². The van der Waals surface area contributed by atoms with Crippen LogP contribution < -0.4 is 20.9 Å². The number of hydrogen-bond donors (Lipinski definition) is 4. The third-order valence-electron chi connectivity index (χ3n) is 12.7. The van der Waals surface area contributed by atoms with E-state index >= 15 is 4.39 Å². The molecule has 5 heterocycles. The van der Waals surface area contributed by atoms with Crippen LogP contribution in [-0.4, -0.2) is 130 Å². The molecule has 8 rings (SSSR count). The predicted molar refractivity (Wildman–Crippen MR) is 217 cm³/mol. The predicted octanol–water partition coefficient (Wildman–Crippen LogP) is 3.88. The first-order valence-corrected chi connectivity index (χ1v) is 21.1. The number of imide groups is 1. The average molecular weight is 814 g/mol. The van der Waals surface area contributed by atoms with Crippen LogP contribution in [0.1, 0.15) is 68.1 Å². The van der Waals surface area contributed by atoms with Crippen LogP contribution in [0.15, 0.2) is 48.7 Å². The van der Waals surface area contributed by atoms with Gasteiger partial charge < -0.3 is 30.4 Å². The molecule has 4 saturated heterocycles. The van der Waals surface area contributed by atoms with Crippen molar-refractivity contribution in [2.45, 2.75) is 76.0 Å². The fourth-order valence-corrected chi connectivity index (χ4v) is 9.23. The number of aliphatic hydroxyl groups excluding tert-OH is 1. The lowest BCUT2D eigenvalue weighted by Gasteiger charge is -2.40. The average Bonchev–Trinajstić information content (AvgIpc) is 3.69. The molecule has 14 nitrogen and oxygen atoms in total. The molecule has 4 N–H and O–H groups in total. The Labute approximate surface area is 342 Å². The molecule has 4 amide bonds. The molecule has 0 radical (unpaired) electrons. The first kappa shape index (κ1) is 40.6. The van der Waals surface area contributed by atoms with Crippen molar-refractivity contribution >= 4 is 41.0 Å². The Bertz CT molecular complexity index is 2030. The van der Waals surface area contributed by atoms with E-state index in [1.165, 1.54) is 6.07 Å². The van der Waals surface area contributed by atoms with E-state index in [1.54, 1.807) is 41.3 Å². The van der Waals surface area contributed by atoms with Gasteiger partial charge in [0.25, 0.3) is 5.91 Å². The highest BCUT2D eigenvalue weighted by Gasteiger charge is 2.33. The fraction of sp³-hybridized carbons (Fsp3) is 0.535. The van der Waals surface area contributed by atoms with Crippen LogP contribution in [0.2, 0.25) is 0 Å². The number of amides is 4. The Hall–Kier alpha value is -5.22. The molecule has 0 bridgehead atoms. The number of piperidine rings is 2. The number of likely N-dealkylation sites (tertiary alicyclic amines) is 2. The minimum atomic E-state index is -0.587. The maximum absolute atomic E-state index is 15.2. The molecule has 2 aromatic carbocycles. The zero-order valence-corrected chi connectivity index (χ0v) is 33.3. The summed E-state index contributed by atoms with van der Waals surface area (Å²) >= 11 is 0. The molecule has 2 atom stereocenters. The van der Waals surface area contributed by atoms with Gasteiger partial charge in [-0.15, -0.1) is 0 Å². The van der Waals surface area contributed by atoms with Crippen molar-refractivity contribution < 1.29 is 33.1 Å². The Morgan fingerprint density at radius 2 is 1.59 bits per heavy atom. The van der Waals surface area contributed by atoms with Gasteiger partial charge in [0.2, 0.25) is 23.7 Å². The van der Waals surface area contributed by atoms with Crippen LogP contribution in [0, 0.1) is 23.5 Å². The van der Waals surface area contributed by atoms with E-state index in [-0.39, 0.29) is 60.1 Å². The van der Waals surface area contributed by atoms with Gasteiger partial charge in [0, 0.05) is 94.1 Å². The molecule has 1 unspecified atom stereocenters. The molecular formula is C43H53F2N9O5. The van der Waals surface area contributed by atoms with Gasteiger partial charge in [0.1, 0.15) is 17.6 Å². The third-order valence-corrected chi connectivity index (χ3v) is 12.7. The molecule has 1 aromatic heterocycles. The van der Waals surface area contributed by atoms with Gasteiger partial charge in [-0.05, 0) is 87.6 Å². The van der Waals surface area contributed by atoms with Crippen molar-refractivity contribution in [3.63, 3.8) is 0 Å². The van der Waals surface area contributed by atoms with E-state index in [4.69, 9.17) is 0 Å². The number of nitrogens with one attached hydrogen (secondary N) is 3. The van der Waals surface area contributed by atoms with Gasteiger partial charge in [-0.2, -0.15) is 0 Å². The molecule has 4 aliphatic heterocycles. The third kappa shape index (κ3) is 9.65. The molecule has 314 valence electrons. The highest BCUT2D eigenvalue weighted by molar-refractivity contribution is 6.01. The second-order valence-corrected chi connectivity index (χ2v) is 16.7. The Morgan fingerprint density at radius 1 is 0.831 bits per heavy atom. The number of carbonyl (C=O) groups excluding carboxylic acids is 4. The maximum atomic E-state index is 15.2. The molecule has 1 saturated carbocycles. The van der Waals surface area contributed by atoms with E-state index in [1.807, 2.05) is 4.90 Å². The molecule has 16 heteroatoms. The zero-order chi connectivity index (χ0) is 41.0. The van der Waals surface area contributed by atoms with Crippen LogP contribution in [0.3, 0.4) is 0 Å². The van der Waals surface area contributed by atoms with Gasteiger partial charge in [-0.3, -0.25) is 29.4 Å². The van der Waals surface area contributed by atoms with E-state index in [0.717, 1.165) is 77.4 Å². The summed E-state index contributed by atoms with van der Waals surface area (Å²) in [6, 6.07) is 11.2. The Balaban J connectivity index is 0.754. The van der Waals surface area contributed by atoms with Crippen LogP contribution in [0.5, 0.6) is 0 Å². The Morgan fingerprint density at radius 3 is 2.31 bits per heavy atom. The zero-order valence-electron chi connectivity index (χ0n) is 33.3. The van der Waals surface area contributed by atoms with Crippen molar-refractivity contribution in [2.24, 2.45) is 11.8 Å². The number of piperazine rings is 1. The largest absolute Gasteiger partial charge is 0.391 e. The first-order valence-electron chi connectivity index (χ1n) is 21.1. The van der Waals surface area contributed by atoms with Crippen molar-refractivity contribution in [3.8, 4) is 11.3 Å². The number of halogens is 2. The summed E-state index contributed by atoms with van der Waals surface area (Å²) in [7, 11) is 0. The number of β-amino-alcohol motifs (C(OH)–C–C–N with tert-alkyl or cyclic N) is 1. The van der Waals surface area contributed by atoms with E-state index in [9.17, 15) is 28.7 Å². The number of anilines is 3. The molecule has 1 aliphatic carbocycles. The summed E-state index contributed by atoms with van der Waals surface area (Å²) < 4.78 is 30.2. The van der Waals surface area contributed by atoms with Crippen LogP contribution in [-0.2, 0) is 14.4 Å². The lowest BCUT2D eigenvalue weighted by Crippen LogP contribution is -2.50. The molecule has 5 aliphatic rings. The molecule has 5 fully saturated rings. The number of aromatic nitrogens is 2. The van der Waals surface area contributed by atoms with Gasteiger partial charge >= 0.3 is 0 Å². The Kier molecular flexibility index (Phi) is 12.3. The lowest BCUT2D eigenvalue weighted by atomic mass is 9.84. The first-order chi connectivity index (χ1) is 28.6. The molecule has 59 heavy (non-hydrogen) atoms. The van der Waals surface area contributed by atoms with E-state index in [2.05, 4.69) is 35.7 Å². The summed E-state index contributed by atoms with van der Waals surface area (Å²) in [6.45, 7) is 6.32. The standard InChI is InChI=1S/C43H53F2N9O5/c44-34-23-32(47-36-9-11-38(56)49-40(36)57)8-10-37(34)52-20-18-51(19-21-52)25-27-12-15-53(16-13-27)41(58)28-4-6-31(7-5-28)48-43-46-24-35(45)39(50-43)29-2-1-3-30(22-29)42(59)54-17-14-33(55)26-54/h1-3,8,10,22-24,27-28,31,33,36,47,55H,4-7,9,11-21,25-26H2,(H,46,48,50)(H,49,56,57)/t28?,31?,33-,36?/m0/s1. The van der Waals surface area contributed by atoms with Gasteiger partial charge in [0.15, 0.2) is 5.82 Å². The number of hydrogen-bond acceptors (Lipinski definition) is 11. The van der Waals surface area contributed by atoms with E-state index < -0.39 is 18.0 Å². The molecule has 0 spiro atoms. The van der Waals surface area contributed by atoms with Gasteiger partial charge in [-0.25, -0.2) is 18.7 Å². The van der Waals surface area contributed by atoms with Crippen LogP contribution >= 0.6 is 0 Å². The van der Waals surface area contributed by atoms with Crippen molar-refractivity contribution in [3.05, 3.63) is 65.9 Å². The topological polar surface area (TPSA) is 163 Å². The molecular weight excluding hydrogens is 761 g/mol. The lowest BCUT2D eigenvalue weighted by molar-refractivity contribution is -0.138. The molecule has 3 aromatic rings. The number of nitrogens with zero attached hydrogens (tertiary/aromatic N) is 6. The second-order valence-electron chi connectivity index (χ2n) is 16.7. The summed E-state index contributed by atoms with van der Waals surface area (Å²) in [6.07, 6.45) is 6.76. The smallest absolute Gasteiger partial charge is 0.253 e. The van der Waals surface area contributed by atoms with Gasteiger partial charge in [-0.1, -0.05) is 12.1 Å². The summed E-state index contributed by atoms with van der Waals surface area (Å²) in [5, 5.41) is 18.6. The fourth-order valence-electron chi connectivity index (χ4n) is 9.23. The summed E-state index contributed by atoms with van der Waals surface area (Å²) in [4.78, 5) is 66.9.